The molecule has 1 aromatic carbocycles. The fourth-order valence-corrected chi connectivity index (χ4v) is 2.19. The second-order valence-corrected chi connectivity index (χ2v) is 5.07. The first-order valence-corrected chi connectivity index (χ1v) is 7.05. The van der Waals surface area contributed by atoms with Gasteiger partial charge in [-0.3, -0.25) is 19.3 Å². The van der Waals surface area contributed by atoms with Crippen molar-refractivity contribution in [3.63, 3.8) is 0 Å². The molecule has 0 bridgehead atoms. The number of nitrogens with zero attached hydrogens (tertiary/aromatic N) is 2. The number of benzene rings is 1. The van der Waals surface area contributed by atoms with E-state index in [0.717, 1.165) is 4.90 Å². The highest BCUT2D eigenvalue weighted by molar-refractivity contribution is 6.45. The molecule has 0 aromatic heterocycles. The van der Waals surface area contributed by atoms with Crippen LogP contribution in [0, 0.1) is 0 Å². The molecule has 1 heterocycles. The third kappa shape index (κ3) is 3.09. The van der Waals surface area contributed by atoms with Crippen LogP contribution >= 0.6 is 11.6 Å². The maximum Gasteiger partial charge on any atom is 0.334 e. The third-order valence-electron chi connectivity index (χ3n) is 3.03. The predicted molar refractivity (Wildman–Crippen MR) is 79.2 cm³/mol. The molecule has 22 heavy (non-hydrogen) atoms. The van der Waals surface area contributed by atoms with Crippen LogP contribution in [-0.4, -0.2) is 46.6 Å². The summed E-state index contributed by atoms with van der Waals surface area (Å²) in [6, 6.07) is 5.79. The molecule has 1 aromatic rings. The molecule has 5 amide bonds. The average Bonchev–Trinajstić information content (AvgIpc) is 2.68. The smallest absolute Gasteiger partial charge is 0.323 e. The minimum atomic E-state index is -0.993. The Labute approximate surface area is 131 Å². The third-order valence-corrected chi connectivity index (χ3v) is 3.36. The summed E-state index contributed by atoms with van der Waals surface area (Å²) < 4.78 is 0. The molecular weight excluding hydrogens is 310 g/mol. The van der Waals surface area contributed by atoms with Gasteiger partial charge in [0.25, 0.3) is 0 Å². The largest absolute Gasteiger partial charge is 0.334 e. The van der Waals surface area contributed by atoms with Gasteiger partial charge in [-0.2, -0.15) is 0 Å². The Morgan fingerprint density at radius 1 is 1.14 bits per heavy atom. The van der Waals surface area contributed by atoms with Gasteiger partial charge < -0.3 is 5.32 Å². The van der Waals surface area contributed by atoms with Crippen molar-refractivity contribution < 1.29 is 19.2 Å². The van der Waals surface area contributed by atoms with Crippen LogP contribution in [-0.2, 0) is 14.4 Å². The predicted octanol–water partition coefficient (Wildman–Crippen LogP) is 1.48. The van der Waals surface area contributed by atoms with E-state index in [-0.39, 0.29) is 6.54 Å². The monoisotopic (exact) mass is 323 g/mol. The van der Waals surface area contributed by atoms with Crippen molar-refractivity contribution in [2.75, 3.05) is 18.4 Å². The van der Waals surface area contributed by atoms with Crippen molar-refractivity contribution >= 4 is 41.0 Å². The Bertz CT molecular complexity index is 647. The van der Waals surface area contributed by atoms with Crippen molar-refractivity contribution in [3.8, 4) is 0 Å². The van der Waals surface area contributed by atoms with Crippen molar-refractivity contribution in [1.82, 2.24) is 9.80 Å². The number of hydrogen-bond donors (Lipinski definition) is 1. The van der Waals surface area contributed by atoms with Crippen LogP contribution in [0.2, 0.25) is 5.02 Å². The summed E-state index contributed by atoms with van der Waals surface area (Å²) in [7, 11) is 0. The molecule has 0 unspecified atom stereocenters. The number of rotatable bonds is 5. The zero-order chi connectivity index (χ0) is 16.3. The lowest BCUT2D eigenvalue weighted by molar-refractivity contribution is -0.143. The Balaban J connectivity index is 2.05. The number of imide groups is 2. The van der Waals surface area contributed by atoms with Crippen molar-refractivity contribution in [1.29, 1.82) is 0 Å². The van der Waals surface area contributed by atoms with E-state index < -0.39 is 30.3 Å². The van der Waals surface area contributed by atoms with E-state index in [4.69, 9.17) is 11.6 Å². The van der Waals surface area contributed by atoms with E-state index in [1.807, 2.05) is 0 Å². The molecule has 0 saturated carbocycles. The van der Waals surface area contributed by atoms with Gasteiger partial charge in [0.05, 0.1) is 10.7 Å². The molecule has 7 nitrogen and oxygen atoms in total. The van der Waals surface area contributed by atoms with E-state index in [2.05, 4.69) is 5.32 Å². The number of amides is 5. The normalized spacial score (nSPS) is 14.7. The number of urea groups is 1. The SMILES string of the molecule is CCCN1C(=O)C(=O)N(CC(=O)Nc2ccccc2Cl)C1=O. The van der Waals surface area contributed by atoms with Crippen molar-refractivity contribution in [2.45, 2.75) is 13.3 Å². The number of para-hydroxylation sites is 1. The van der Waals surface area contributed by atoms with Crippen LogP contribution in [0.1, 0.15) is 13.3 Å². The maximum atomic E-state index is 12.0. The summed E-state index contributed by atoms with van der Waals surface area (Å²) in [5, 5.41) is 2.83. The van der Waals surface area contributed by atoms with Gasteiger partial charge in [0.1, 0.15) is 6.54 Å². The molecule has 8 heteroatoms. The van der Waals surface area contributed by atoms with Gasteiger partial charge in [-0.15, -0.1) is 0 Å². The molecule has 0 atom stereocenters. The Morgan fingerprint density at radius 3 is 2.41 bits per heavy atom. The molecule has 0 aliphatic carbocycles. The summed E-state index contributed by atoms with van der Waals surface area (Å²) >= 11 is 5.91. The van der Waals surface area contributed by atoms with Gasteiger partial charge >= 0.3 is 17.8 Å². The molecule has 1 aliphatic rings. The van der Waals surface area contributed by atoms with Crippen LogP contribution in [0.4, 0.5) is 10.5 Å². The number of carbonyl (C=O) groups is 4. The van der Waals surface area contributed by atoms with Gasteiger partial charge in [-0.25, -0.2) is 9.69 Å². The molecule has 1 saturated heterocycles. The Hall–Kier alpha value is -2.41. The highest BCUT2D eigenvalue weighted by atomic mass is 35.5. The highest BCUT2D eigenvalue weighted by Gasteiger charge is 2.44. The van der Waals surface area contributed by atoms with Crippen LogP contribution in [0.5, 0.6) is 0 Å². The van der Waals surface area contributed by atoms with Crippen molar-refractivity contribution in [2.24, 2.45) is 0 Å². The van der Waals surface area contributed by atoms with E-state index >= 15 is 0 Å². The molecule has 2 rings (SSSR count). The summed E-state index contributed by atoms with van der Waals surface area (Å²) in [5.41, 5.74) is 0.366. The lowest BCUT2D eigenvalue weighted by Crippen LogP contribution is -2.39. The lowest BCUT2D eigenvalue weighted by atomic mass is 10.3. The van der Waals surface area contributed by atoms with E-state index in [0.29, 0.717) is 22.0 Å². The topological polar surface area (TPSA) is 86.8 Å². The lowest BCUT2D eigenvalue weighted by Gasteiger charge is -2.14. The van der Waals surface area contributed by atoms with Crippen LogP contribution < -0.4 is 5.32 Å². The minimum absolute atomic E-state index is 0.145. The van der Waals surface area contributed by atoms with Crippen LogP contribution in [0.3, 0.4) is 0 Å². The van der Waals surface area contributed by atoms with E-state index in [1.54, 1.807) is 31.2 Å². The molecule has 1 aliphatic heterocycles. The zero-order valence-corrected chi connectivity index (χ0v) is 12.6. The van der Waals surface area contributed by atoms with Crippen LogP contribution in [0.25, 0.3) is 0 Å². The zero-order valence-electron chi connectivity index (χ0n) is 11.8. The number of anilines is 1. The molecule has 0 spiro atoms. The summed E-state index contributed by atoms with van der Waals surface area (Å²) in [4.78, 5) is 48.8. The maximum absolute atomic E-state index is 12.0. The second kappa shape index (κ2) is 6.57. The van der Waals surface area contributed by atoms with Crippen LogP contribution in [0.15, 0.2) is 24.3 Å². The summed E-state index contributed by atoms with van der Waals surface area (Å²) in [6.45, 7) is 1.39. The number of hydrogen-bond acceptors (Lipinski definition) is 4. The Morgan fingerprint density at radius 2 is 1.77 bits per heavy atom. The molecule has 0 radical (unpaired) electrons. The van der Waals surface area contributed by atoms with E-state index in [9.17, 15) is 19.2 Å². The fourth-order valence-electron chi connectivity index (χ4n) is 2.01. The first kappa shape index (κ1) is 16.0. The van der Waals surface area contributed by atoms with Gasteiger partial charge in [0.15, 0.2) is 0 Å². The number of halogens is 1. The first-order valence-electron chi connectivity index (χ1n) is 6.67. The molecule has 1 N–H and O–H groups in total. The number of carbonyl (C=O) groups excluding carboxylic acids is 4. The van der Waals surface area contributed by atoms with Crippen molar-refractivity contribution in [3.05, 3.63) is 29.3 Å². The number of nitrogens with one attached hydrogen (secondary N) is 1. The molecule has 116 valence electrons. The highest BCUT2D eigenvalue weighted by Crippen LogP contribution is 2.20. The molecular formula is C14H14ClN3O4. The standard InChI is InChI=1S/C14H14ClN3O4/c1-2-7-17-12(20)13(21)18(14(17)22)8-11(19)16-10-6-4-3-5-9(10)15/h3-6H,2,7-8H2,1H3,(H,16,19). The summed E-state index contributed by atoms with van der Waals surface area (Å²) in [6.07, 6.45) is 0.532. The molecule has 1 fully saturated rings. The average molecular weight is 324 g/mol. The Kier molecular flexibility index (Phi) is 4.77. The van der Waals surface area contributed by atoms with Gasteiger partial charge in [0, 0.05) is 6.54 Å². The van der Waals surface area contributed by atoms with Gasteiger partial charge in [-0.05, 0) is 18.6 Å². The van der Waals surface area contributed by atoms with Gasteiger partial charge in [-0.1, -0.05) is 30.7 Å². The van der Waals surface area contributed by atoms with Gasteiger partial charge in [0.2, 0.25) is 5.91 Å². The second-order valence-electron chi connectivity index (χ2n) is 4.66. The fraction of sp³-hybridized carbons (Fsp3) is 0.286. The first-order chi connectivity index (χ1) is 10.5. The quantitative estimate of drug-likeness (QED) is 0.657. The van der Waals surface area contributed by atoms with E-state index in [1.165, 1.54) is 0 Å². The minimum Gasteiger partial charge on any atom is -0.323 e. The summed E-state index contributed by atoms with van der Waals surface area (Å²) in [5.74, 6) is -2.51.